The quantitative estimate of drug-likeness (QED) is 0.410. The molecule has 0 aliphatic heterocycles. The van der Waals surface area contributed by atoms with Crippen LogP contribution in [0.2, 0.25) is 10.0 Å². The fraction of sp³-hybridized carbons (Fsp3) is 0.368. The van der Waals surface area contributed by atoms with Crippen LogP contribution in [0.15, 0.2) is 34.8 Å². The second-order valence-corrected chi connectivity index (χ2v) is 7.79. The first kappa shape index (κ1) is 27.6. The fourth-order valence-corrected chi connectivity index (χ4v) is 3.26. The molecule has 0 heterocycles. The highest BCUT2D eigenvalue weighted by atomic mass is 79.9. The van der Waals surface area contributed by atoms with E-state index in [0.717, 1.165) is 35.2 Å². The standard InChI is InChI=1S/C19H23BrCl2N2O2.2ClH/c1-24(2)7-6-23-11-14-8-15(20)19(18(10-14)25-3)26-12-13-4-5-16(21)17(22)9-13;;/h4-5,8-10,23H,6-7,11-12H2,1-3H3;2*1H. The molecule has 0 spiro atoms. The summed E-state index contributed by atoms with van der Waals surface area (Å²) in [6.45, 7) is 3.04. The summed E-state index contributed by atoms with van der Waals surface area (Å²) in [5.74, 6) is 1.35. The lowest BCUT2D eigenvalue weighted by atomic mass is 10.2. The molecule has 2 aromatic rings. The Hall–Kier alpha value is -0.400. The number of nitrogens with zero attached hydrogens (tertiary/aromatic N) is 1. The number of benzene rings is 2. The molecule has 2 rings (SSSR count). The van der Waals surface area contributed by atoms with Gasteiger partial charge in [0.2, 0.25) is 0 Å². The summed E-state index contributed by atoms with van der Waals surface area (Å²) in [6, 6.07) is 9.47. The van der Waals surface area contributed by atoms with E-state index in [4.69, 9.17) is 32.7 Å². The van der Waals surface area contributed by atoms with E-state index in [0.29, 0.717) is 28.2 Å². The molecule has 1 N–H and O–H groups in total. The maximum Gasteiger partial charge on any atom is 0.175 e. The molecule has 0 aliphatic carbocycles. The zero-order valence-corrected chi connectivity index (χ0v) is 20.7. The van der Waals surface area contributed by atoms with Gasteiger partial charge in [-0.2, -0.15) is 0 Å². The maximum atomic E-state index is 6.05. The summed E-state index contributed by atoms with van der Waals surface area (Å²) in [7, 11) is 5.75. The largest absolute Gasteiger partial charge is 0.493 e. The predicted molar refractivity (Wildman–Crippen MR) is 126 cm³/mol. The van der Waals surface area contributed by atoms with Crippen molar-refractivity contribution in [2.45, 2.75) is 13.2 Å². The van der Waals surface area contributed by atoms with Gasteiger partial charge in [-0.25, -0.2) is 0 Å². The highest BCUT2D eigenvalue weighted by molar-refractivity contribution is 9.10. The summed E-state index contributed by atoms with van der Waals surface area (Å²) >= 11 is 15.6. The van der Waals surface area contributed by atoms with Crippen LogP contribution in [0, 0.1) is 0 Å². The van der Waals surface area contributed by atoms with Gasteiger partial charge < -0.3 is 19.7 Å². The van der Waals surface area contributed by atoms with Crippen molar-refractivity contribution in [1.29, 1.82) is 0 Å². The molecule has 158 valence electrons. The first-order valence-electron chi connectivity index (χ1n) is 8.19. The highest BCUT2D eigenvalue weighted by Gasteiger charge is 2.12. The van der Waals surface area contributed by atoms with Gasteiger partial charge in [-0.3, -0.25) is 0 Å². The van der Waals surface area contributed by atoms with E-state index in [1.807, 2.05) is 18.2 Å². The predicted octanol–water partition coefficient (Wildman–Crippen LogP) is 5.84. The van der Waals surface area contributed by atoms with E-state index >= 15 is 0 Å². The molecule has 28 heavy (non-hydrogen) atoms. The third kappa shape index (κ3) is 8.54. The van der Waals surface area contributed by atoms with Crippen LogP contribution in [-0.2, 0) is 13.2 Å². The zero-order valence-electron chi connectivity index (χ0n) is 15.9. The number of likely N-dealkylation sites (N-methyl/N-ethyl adjacent to an activating group) is 1. The van der Waals surface area contributed by atoms with Gasteiger partial charge in [-0.15, -0.1) is 24.8 Å². The van der Waals surface area contributed by atoms with Crippen molar-refractivity contribution in [3.05, 3.63) is 56.0 Å². The molecule has 0 saturated carbocycles. The molecule has 0 bridgehead atoms. The molecule has 0 atom stereocenters. The van der Waals surface area contributed by atoms with Gasteiger partial charge in [-0.05, 0) is 65.4 Å². The molecule has 0 saturated heterocycles. The molecule has 0 aliphatic rings. The topological polar surface area (TPSA) is 33.7 Å². The summed E-state index contributed by atoms with van der Waals surface area (Å²) < 4.78 is 12.3. The summed E-state index contributed by atoms with van der Waals surface area (Å²) in [5.41, 5.74) is 2.05. The molecule has 0 amide bonds. The van der Waals surface area contributed by atoms with Crippen LogP contribution in [0.4, 0.5) is 0 Å². The van der Waals surface area contributed by atoms with Crippen LogP contribution in [0.1, 0.15) is 11.1 Å². The van der Waals surface area contributed by atoms with Crippen molar-refractivity contribution in [2.75, 3.05) is 34.3 Å². The van der Waals surface area contributed by atoms with Gasteiger partial charge >= 0.3 is 0 Å². The average molecular weight is 535 g/mol. The van der Waals surface area contributed by atoms with Crippen molar-refractivity contribution in [3.8, 4) is 11.5 Å². The van der Waals surface area contributed by atoms with E-state index in [1.165, 1.54) is 0 Å². The van der Waals surface area contributed by atoms with Gasteiger partial charge in [-0.1, -0.05) is 29.3 Å². The number of rotatable bonds is 9. The number of methoxy groups -OCH3 is 1. The minimum Gasteiger partial charge on any atom is -0.493 e. The maximum absolute atomic E-state index is 6.05. The number of halogens is 5. The van der Waals surface area contributed by atoms with Crippen LogP contribution in [-0.4, -0.2) is 39.2 Å². The van der Waals surface area contributed by atoms with Gasteiger partial charge in [0, 0.05) is 19.6 Å². The first-order valence-corrected chi connectivity index (χ1v) is 9.74. The Morgan fingerprint density at radius 3 is 2.36 bits per heavy atom. The van der Waals surface area contributed by atoms with E-state index < -0.39 is 0 Å². The number of ether oxygens (including phenoxy) is 2. The lowest BCUT2D eigenvalue weighted by Gasteiger charge is -2.15. The zero-order chi connectivity index (χ0) is 19.1. The molecule has 0 radical (unpaired) electrons. The van der Waals surface area contributed by atoms with E-state index in [1.54, 1.807) is 19.2 Å². The molecule has 0 fully saturated rings. The number of hydrogen-bond donors (Lipinski definition) is 1. The summed E-state index contributed by atoms with van der Waals surface area (Å²) in [5, 5.41) is 4.45. The second kappa shape index (κ2) is 13.8. The lowest BCUT2D eigenvalue weighted by Crippen LogP contribution is -2.26. The van der Waals surface area contributed by atoms with Gasteiger partial charge in [0.1, 0.15) is 6.61 Å². The Bertz CT molecular complexity index is 748. The van der Waals surface area contributed by atoms with Crippen LogP contribution in [0.3, 0.4) is 0 Å². The SMILES string of the molecule is COc1cc(CNCCN(C)C)cc(Br)c1OCc1ccc(Cl)c(Cl)c1.Cl.Cl. The van der Waals surface area contributed by atoms with Gasteiger partial charge in [0.05, 0.1) is 21.6 Å². The third-order valence-corrected chi connectivity index (χ3v) is 5.05. The Morgan fingerprint density at radius 2 is 1.75 bits per heavy atom. The minimum atomic E-state index is 0. The Kier molecular flexibility index (Phi) is 13.6. The fourth-order valence-electron chi connectivity index (χ4n) is 2.34. The lowest BCUT2D eigenvalue weighted by molar-refractivity contribution is 0.282. The minimum absolute atomic E-state index is 0. The van der Waals surface area contributed by atoms with Crippen molar-refractivity contribution >= 4 is 63.9 Å². The molecule has 9 heteroatoms. The number of nitrogens with one attached hydrogen (secondary N) is 1. The van der Waals surface area contributed by atoms with E-state index in [-0.39, 0.29) is 24.8 Å². The summed E-state index contributed by atoms with van der Waals surface area (Å²) in [6.07, 6.45) is 0. The molecule has 0 aromatic heterocycles. The van der Waals surface area contributed by atoms with Crippen LogP contribution in [0.5, 0.6) is 11.5 Å². The van der Waals surface area contributed by atoms with Crippen LogP contribution < -0.4 is 14.8 Å². The molecule has 2 aromatic carbocycles. The first-order chi connectivity index (χ1) is 12.4. The Labute approximate surface area is 197 Å². The summed E-state index contributed by atoms with van der Waals surface area (Å²) in [4.78, 5) is 2.14. The van der Waals surface area contributed by atoms with Crippen LogP contribution in [0.25, 0.3) is 0 Å². The molecular weight excluding hydrogens is 510 g/mol. The monoisotopic (exact) mass is 532 g/mol. The Morgan fingerprint density at radius 1 is 1.04 bits per heavy atom. The van der Waals surface area contributed by atoms with Crippen LogP contribution >= 0.6 is 63.9 Å². The molecular formula is C19H25BrCl4N2O2. The Balaban J connectivity index is 0.00000364. The van der Waals surface area contributed by atoms with E-state index in [9.17, 15) is 0 Å². The van der Waals surface area contributed by atoms with Crippen molar-refractivity contribution in [2.24, 2.45) is 0 Å². The molecule has 4 nitrogen and oxygen atoms in total. The second-order valence-electron chi connectivity index (χ2n) is 6.13. The van der Waals surface area contributed by atoms with Gasteiger partial charge in [0.15, 0.2) is 11.5 Å². The van der Waals surface area contributed by atoms with Crippen molar-refractivity contribution in [3.63, 3.8) is 0 Å². The normalized spacial score (nSPS) is 10.2. The van der Waals surface area contributed by atoms with Gasteiger partial charge in [0.25, 0.3) is 0 Å². The van der Waals surface area contributed by atoms with Crippen molar-refractivity contribution < 1.29 is 9.47 Å². The number of hydrogen-bond acceptors (Lipinski definition) is 4. The smallest absolute Gasteiger partial charge is 0.175 e. The highest BCUT2D eigenvalue weighted by Crippen LogP contribution is 2.37. The van der Waals surface area contributed by atoms with Crippen molar-refractivity contribution in [1.82, 2.24) is 10.2 Å². The molecule has 0 unspecified atom stereocenters. The third-order valence-electron chi connectivity index (χ3n) is 3.72. The average Bonchev–Trinajstić information content (AvgIpc) is 2.60. The van der Waals surface area contributed by atoms with E-state index in [2.05, 4.69) is 40.2 Å².